The topological polar surface area (TPSA) is 48.0 Å². The zero-order valence-corrected chi connectivity index (χ0v) is 27.0. The SMILES string of the molecule is C=CCCC(CC=C)[C@H](ON1C(C)(C)CCCC1(C)C)C(=O)c1cc(OCc2ccccc2)ccc1OCc1ccccc1. The molecule has 0 N–H and O–H groups in total. The van der Waals surface area contributed by atoms with Gasteiger partial charge in [-0.25, -0.2) is 0 Å². The van der Waals surface area contributed by atoms with Crippen LogP contribution in [0.1, 0.15) is 87.7 Å². The van der Waals surface area contributed by atoms with Gasteiger partial charge < -0.3 is 9.47 Å². The molecule has 3 aromatic rings. The van der Waals surface area contributed by atoms with Crippen molar-refractivity contribution in [3.8, 4) is 11.5 Å². The second-order valence-corrected chi connectivity index (χ2v) is 13.0. The molecule has 5 nitrogen and oxygen atoms in total. The van der Waals surface area contributed by atoms with Crippen LogP contribution in [0.15, 0.2) is 104 Å². The molecule has 2 atom stereocenters. The molecule has 1 fully saturated rings. The maximum Gasteiger partial charge on any atom is 0.197 e. The number of rotatable bonds is 16. The Morgan fingerprint density at radius 1 is 0.841 bits per heavy atom. The van der Waals surface area contributed by atoms with Gasteiger partial charge in [0.15, 0.2) is 5.78 Å². The lowest BCUT2D eigenvalue weighted by Gasteiger charge is -2.52. The Morgan fingerprint density at radius 2 is 1.43 bits per heavy atom. The van der Waals surface area contributed by atoms with Gasteiger partial charge in [0.2, 0.25) is 0 Å². The van der Waals surface area contributed by atoms with Crippen molar-refractivity contribution in [2.24, 2.45) is 5.92 Å². The van der Waals surface area contributed by atoms with Crippen molar-refractivity contribution in [3.63, 3.8) is 0 Å². The summed E-state index contributed by atoms with van der Waals surface area (Å²) >= 11 is 0. The number of Topliss-reactive ketones (excluding diaryl/α,β-unsaturated/α-hetero) is 1. The molecule has 3 aromatic carbocycles. The molecule has 0 spiro atoms. The smallest absolute Gasteiger partial charge is 0.197 e. The molecule has 0 saturated carbocycles. The molecule has 5 heteroatoms. The number of carbonyl (C=O) groups excluding carboxylic acids is 1. The van der Waals surface area contributed by atoms with Crippen molar-refractivity contribution >= 4 is 5.78 Å². The largest absolute Gasteiger partial charge is 0.489 e. The van der Waals surface area contributed by atoms with Crippen LogP contribution in [0.2, 0.25) is 0 Å². The maximum atomic E-state index is 14.8. The summed E-state index contributed by atoms with van der Waals surface area (Å²) in [6, 6.07) is 25.5. The van der Waals surface area contributed by atoms with Crippen molar-refractivity contribution in [2.75, 3.05) is 0 Å². The molecular formula is C39H49NO4. The summed E-state index contributed by atoms with van der Waals surface area (Å²) in [7, 11) is 0. The molecule has 1 aliphatic heterocycles. The highest BCUT2D eigenvalue weighted by Gasteiger charge is 2.46. The van der Waals surface area contributed by atoms with Gasteiger partial charge in [-0.2, -0.15) is 5.06 Å². The highest BCUT2D eigenvalue weighted by Crippen LogP contribution is 2.41. The van der Waals surface area contributed by atoms with Crippen LogP contribution >= 0.6 is 0 Å². The van der Waals surface area contributed by atoms with Crippen LogP contribution in [0.3, 0.4) is 0 Å². The van der Waals surface area contributed by atoms with E-state index < -0.39 is 6.10 Å². The molecule has 0 aromatic heterocycles. The molecule has 0 aliphatic carbocycles. The van der Waals surface area contributed by atoms with Gasteiger partial charge in [0, 0.05) is 11.1 Å². The number of benzene rings is 3. The van der Waals surface area contributed by atoms with E-state index in [0.29, 0.717) is 36.7 Å². The van der Waals surface area contributed by atoms with E-state index in [0.717, 1.165) is 43.2 Å². The lowest BCUT2D eigenvalue weighted by Crippen LogP contribution is -2.60. The molecule has 1 heterocycles. The van der Waals surface area contributed by atoms with Gasteiger partial charge in [-0.15, -0.1) is 13.2 Å². The Kier molecular flexibility index (Phi) is 11.6. The minimum atomic E-state index is -0.743. The van der Waals surface area contributed by atoms with Crippen LogP contribution in [0.4, 0.5) is 0 Å². The minimum absolute atomic E-state index is 0.0950. The van der Waals surface area contributed by atoms with Crippen molar-refractivity contribution in [1.29, 1.82) is 0 Å². The van der Waals surface area contributed by atoms with Crippen LogP contribution < -0.4 is 9.47 Å². The van der Waals surface area contributed by atoms with Crippen molar-refractivity contribution in [1.82, 2.24) is 5.06 Å². The van der Waals surface area contributed by atoms with E-state index in [2.05, 4.69) is 45.9 Å². The Bertz CT molecular complexity index is 1350. The number of allylic oxidation sites excluding steroid dienone is 2. The number of hydrogen-bond donors (Lipinski definition) is 0. The quantitative estimate of drug-likeness (QED) is 0.122. The summed E-state index contributed by atoms with van der Waals surface area (Å²) in [6.07, 6.45) is 8.31. The summed E-state index contributed by atoms with van der Waals surface area (Å²) < 4.78 is 12.5. The van der Waals surface area contributed by atoms with Crippen LogP contribution in [-0.4, -0.2) is 28.0 Å². The molecule has 1 unspecified atom stereocenters. The van der Waals surface area contributed by atoms with E-state index >= 15 is 0 Å². The molecule has 1 aliphatic rings. The first kappa shape index (κ1) is 33.2. The fourth-order valence-electron chi connectivity index (χ4n) is 6.21. The van der Waals surface area contributed by atoms with Gasteiger partial charge in [-0.3, -0.25) is 9.63 Å². The summed E-state index contributed by atoms with van der Waals surface area (Å²) in [4.78, 5) is 21.8. The Balaban J connectivity index is 1.73. The van der Waals surface area contributed by atoms with Gasteiger partial charge in [-0.05, 0) is 101 Å². The van der Waals surface area contributed by atoms with Gasteiger partial charge >= 0.3 is 0 Å². The molecule has 234 valence electrons. The third-order valence-electron chi connectivity index (χ3n) is 8.50. The van der Waals surface area contributed by atoms with E-state index in [1.807, 2.05) is 91.0 Å². The lowest BCUT2D eigenvalue weighted by atomic mass is 9.82. The average molecular weight is 596 g/mol. The van der Waals surface area contributed by atoms with E-state index in [4.69, 9.17) is 14.3 Å². The number of ketones is 1. The van der Waals surface area contributed by atoms with Gasteiger partial charge in [0.1, 0.15) is 30.8 Å². The van der Waals surface area contributed by atoms with E-state index in [1.165, 1.54) is 0 Å². The van der Waals surface area contributed by atoms with E-state index in [9.17, 15) is 4.79 Å². The highest BCUT2D eigenvalue weighted by atomic mass is 16.7. The number of piperidine rings is 1. The van der Waals surface area contributed by atoms with Gasteiger partial charge in [0.25, 0.3) is 0 Å². The van der Waals surface area contributed by atoms with E-state index in [-0.39, 0.29) is 22.8 Å². The maximum absolute atomic E-state index is 14.8. The van der Waals surface area contributed by atoms with Crippen molar-refractivity contribution in [2.45, 2.75) is 96.6 Å². The normalized spacial score (nSPS) is 17.3. The Hall–Kier alpha value is -3.67. The first-order valence-electron chi connectivity index (χ1n) is 15.9. The standard InChI is InChI=1S/C39H49NO4/c1-7-9-22-32(17-8-2)37(44-40-38(3,4)25-16-26-39(40,5)6)36(41)34-27-33(42-28-30-18-12-10-13-19-30)23-24-35(34)43-29-31-20-14-11-15-21-31/h7-8,10-15,18-21,23-24,27,32,37H,1-2,9,16-17,22,25-26,28-29H2,3-6H3/t32?,37-/m0/s1. The second-order valence-electron chi connectivity index (χ2n) is 13.0. The number of hydroxylamine groups is 2. The number of nitrogens with zero attached hydrogens (tertiary/aromatic N) is 1. The molecule has 1 saturated heterocycles. The fourth-order valence-corrected chi connectivity index (χ4v) is 6.21. The number of ether oxygens (including phenoxy) is 2. The first-order valence-corrected chi connectivity index (χ1v) is 15.9. The van der Waals surface area contributed by atoms with Crippen LogP contribution in [0.25, 0.3) is 0 Å². The van der Waals surface area contributed by atoms with Gasteiger partial charge in [0.05, 0.1) is 5.56 Å². The van der Waals surface area contributed by atoms with Crippen molar-refractivity contribution < 1.29 is 19.1 Å². The molecular weight excluding hydrogens is 546 g/mol. The summed E-state index contributed by atoms with van der Waals surface area (Å²) in [5, 5.41) is 2.09. The fraction of sp³-hybridized carbons (Fsp3) is 0.410. The predicted molar refractivity (Wildman–Crippen MR) is 179 cm³/mol. The zero-order valence-electron chi connectivity index (χ0n) is 27.0. The summed E-state index contributed by atoms with van der Waals surface area (Å²) in [5.74, 6) is 0.902. The molecule has 4 rings (SSSR count). The lowest BCUT2D eigenvalue weighted by molar-refractivity contribution is -0.301. The van der Waals surface area contributed by atoms with E-state index in [1.54, 1.807) is 0 Å². The third kappa shape index (κ3) is 8.71. The second kappa shape index (κ2) is 15.4. The molecule has 0 amide bonds. The average Bonchev–Trinajstić information content (AvgIpc) is 3.01. The third-order valence-corrected chi connectivity index (χ3v) is 8.50. The van der Waals surface area contributed by atoms with Crippen LogP contribution in [0.5, 0.6) is 11.5 Å². The monoisotopic (exact) mass is 595 g/mol. The first-order chi connectivity index (χ1) is 21.1. The Morgan fingerprint density at radius 3 is 2.00 bits per heavy atom. The predicted octanol–water partition coefficient (Wildman–Crippen LogP) is 9.53. The number of carbonyl (C=O) groups is 1. The molecule has 0 bridgehead atoms. The van der Waals surface area contributed by atoms with Gasteiger partial charge in [-0.1, -0.05) is 72.8 Å². The summed E-state index contributed by atoms with van der Waals surface area (Å²) in [6.45, 7) is 17.5. The molecule has 0 radical (unpaired) electrons. The molecule has 44 heavy (non-hydrogen) atoms. The summed E-state index contributed by atoms with van der Waals surface area (Å²) in [5.41, 5.74) is 2.07. The zero-order chi connectivity index (χ0) is 31.6. The number of hydrogen-bond acceptors (Lipinski definition) is 5. The van der Waals surface area contributed by atoms with Crippen LogP contribution in [-0.2, 0) is 18.1 Å². The van der Waals surface area contributed by atoms with Crippen LogP contribution in [0, 0.1) is 5.92 Å². The Labute approximate surface area is 264 Å². The minimum Gasteiger partial charge on any atom is -0.489 e. The highest BCUT2D eigenvalue weighted by molar-refractivity contribution is 6.02. The van der Waals surface area contributed by atoms with Crippen molar-refractivity contribution in [3.05, 3.63) is 121 Å².